The normalized spacial score (nSPS) is 14.5. The predicted molar refractivity (Wildman–Crippen MR) is 89.5 cm³/mol. The fraction of sp³-hybridized carbons (Fsp3) is 0.467. The second kappa shape index (κ2) is 8.59. The maximum Gasteiger partial charge on any atom is 0.250 e. The molecule has 0 spiro atoms. The second-order valence-corrected chi connectivity index (χ2v) is 5.13. The van der Waals surface area contributed by atoms with E-state index in [-0.39, 0.29) is 29.8 Å². The van der Waals surface area contributed by atoms with Crippen molar-refractivity contribution in [2.45, 2.75) is 12.8 Å². The van der Waals surface area contributed by atoms with E-state index in [1.54, 1.807) is 6.07 Å². The van der Waals surface area contributed by atoms with Gasteiger partial charge in [0.05, 0.1) is 25.5 Å². The average molecular weight is 344 g/mol. The Morgan fingerprint density at radius 3 is 2.26 bits per heavy atom. The molecule has 1 aromatic carbocycles. The van der Waals surface area contributed by atoms with Crippen molar-refractivity contribution in [1.29, 1.82) is 0 Å². The SMILES string of the molecule is COc1cc(NC(=O)C2CCNCC2)c(C(N)=O)cc1OC.Cl. The largest absolute Gasteiger partial charge is 0.493 e. The highest BCUT2D eigenvalue weighted by molar-refractivity contribution is 6.04. The van der Waals surface area contributed by atoms with E-state index in [2.05, 4.69) is 10.6 Å². The number of primary amides is 1. The minimum Gasteiger partial charge on any atom is -0.493 e. The third-order valence-corrected chi connectivity index (χ3v) is 3.76. The number of carbonyl (C=O) groups excluding carboxylic acids is 2. The molecule has 0 saturated carbocycles. The number of ether oxygens (including phenoxy) is 2. The smallest absolute Gasteiger partial charge is 0.250 e. The molecule has 1 fully saturated rings. The zero-order valence-corrected chi connectivity index (χ0v) is 14.0. The fourth-order valence-corrected chi connectivity index (χ4v) is 2.51. The molecule has 1 aromatic rings. The van der Waals surface area contributed by atoms with Crippen LogP contribution in [0, 0.1) is 5.92 Å². The van der Waals surface area contributed by atoms with Gasteiger partial charge >= 0.3 is 0 Å². The monoisotopic (exact) mass is 343 g/mol. The van der Waals surface area contributed by atoms with Crippen LogP contribution in [-0.4, -0.2) is 39.1 Å². The predicted octanol–water partition coefficient (Wildman–Crippen LogP) is 1.16. The quantitative estimate of drug-likeness (QED) is 0.744. The van der Waals surface area contributed by atoms with Crippen LogP contribution in [0.1, 0.15) is 23.2 Å². The summed E-state index contributed by atoms with van der Waals surface area (Å²) in [6, 6.07) is 3.02. The first kappa shape index (κ1) is 19.1. The summed E-state index contributed by atoms with van der Waals surface area (Å²) in [5.41, 5.74) is 5.92. The molecule has 2 amide bonds. The molecule has 0 radical (unpaired) electrons. The molecule has 1 heterocycles. The maximum absolute atomic E-state index is 12.3. The van der Waals surface area contributed by atoms with Gasteiger partial charge in [-0.15, -0.1) is 12.4 Å². The Balaban J connectivity index is 0.00000264. The highest BCUT2D eigenvalue weighted by Crippen LogP contribution is 2.33. The van der Waals surface area contributed by atoms with Crippen LogP contribution < -0.4 is 25.8 Å². The van der Waals surface area contributed by atoms with E-state index in [0.717, 1.165) is 25.9 Å². The van der Waals surface area contributed by atoms with Gasteiger partial charge in [-0.25, -0.2) is 0 Å². The number of halogens is 1. The fourth-order valence-electron chi connectivity index (χ4n) is 2.51. The molecule has 0 bridgehead atoms. The molecule has 8 heteroatoms. The molecule has 4 N–H and O–H groups in total. The van der Waals surface area contributed by atoms with Crippen LogP contribution in [0.25, 0.3) is 0 Å². The molecule has 2 rings (SSSR count). The van der Waals surface area contributed by atoms with Crippen molar-refractivity contribution in [3.63, 3.8) is 0 Å². The first-order valence-electron chi connectivity index (χ1n) is 7.14. The molecule has 0 aromatic heterocycles. The number of amides is 2. The third-order valence-electron chi connectivity index (χ3n) is 3.76. The zero-order valence-electron chi connectivity index (χ0n) is 13.2. The van der Waals surface area contributed by atoms with Gasteiger partial charge in [-0.05, 0) is 32.0 Å². The summed E-state index contributed by atoms with van der Waals surface area (Å²) in [6.07, 6.45) is 1.54. The molecular weight excluding hydrogens is 322 g/mol. The molecule has 0 unspecified atom stereocenters. The molecule has 1 aliphatic heterocycles. The van der Waals surface area contributed by atoms with Crippen LogP contribution >= 0.6 is 12.4 Å². The van der Waals surface area contributed by atoms with Gasteiger partial charge < -0.3 is 25.8 Å². The molecule has 0 atom stereocenters. The highest BCUT2D eigenvalue weighted by Gasteiger charge is 2.23. The van der Waals surface area contributed by atoms with E-state index in [9.17, 15) is 9.59 Å². The topological polar surface area (TPSA) is 103 Å². The van der Waals surface area contributed by atoms with E-state index in [1.165, 1.54) is 20.3 Å². The summed E-state index contributed by atoms with van der Waals surface area (Å²) in [6.45, 7) is 1.62. The number of anilines is 1. The van der Waals surface area contributed by atoms with E-state index in [1.807, 2.05) is 0 Å². The lowest BCUT2D eigenvalue weighted by atomic mass is 9.97. The van der Waals surface area contributed by atoms with Crippen molar-refractivity contribution in [3.05, 3.63) is 17.7 Å². The lowest BCUT2D eigenvalue weighted by Crippen LogP contribution is -2.35. The number of nitrogens with one attached hydrogen (secondary N) is 2. The van der Waals surface area contributed by atoms with Crippen molar-refractivity contribution in [2.75, 3.05) is 32.6 Å². The molecule has 0 aliphatic carbocycles. The van der Waals surface area contributed by atoms with E-state index >= 15 is 0 Å². The van der Waals surface area contributed by atoms with Gasteiger partial charge in [0.25, 0.3) is 5.91 Å². The lowest BCUT2D eigenvalue weighted by molar-refractivity contribution is -0.120. The van der Waals surface area contributed by atoms with Gasteiger partial charge in [0, 0.05) is 12.0 Å². The number of hydrogen-bond donors (Lipinski definition) is 3. The van der Waals surface area contributed by atoms with Crippen LogP contribution in [0.15, 0.2) is 12.1 Å². The first-order valence-corrected chi connectivity index (χ1v) is 7.14. The Bertz CT molecular complexity index is 574. The van der Waals surface area contributed by atoms with Gasteiger partial charge in [0.15, 0.2) is 11.5 Å². The Morgan fingerprint density at radius 1 is 1.17 bits per heavy atom. The van der Waals surface area contributed by atoms with Crippen molar-refractivity contribution in [3.8, 4) is 11.5 Å². The Labute approximate surface area is 141 Å². The Hall–Kier alpha value is -1.99. The van der Waals surface area contributed by atoms with Crippen LogP contribution in [0.3, 0.4) is 0 Å². The molecule has 1 saturated heterocycles. The minimum atomic E-state index is -0.637. The van der Waals surface area contributed by atoms with Crippen LogP contribution in [-0.2, 0) is 4.79 Å². The van der Waals surface area contributed by atoms with Crippen molar-refractivity contribution < 1.29 is 19.1 Å². The number of hydrogen-bond acceptors (Lipinski definition) is 5. The van der Waals surface area contributed by atoms with Crippen LogP contribution in [0.2, 0.25) is 0 Å². The van der Waals surface area contributed by atoms with Crippen LogP contribution in [0.5, 0.6) is 11.5 Å². The Kier molecular flexibility index (Phi) is 7.12. The van der Waals surface area contributed by atoms with Gasteiger partial charge in [-0.1, -0.05) is 0 Å². The standard InChI is InChI=1S/C15H21N3O4.ClH/c1-21-12-7-10(14(16)19)11(8-13(12)22-2)18-15(20)9-3-5-17-6-4-9;/h7-9,17H,3-6H2,1-2H3,(H2,16,19)(H,18,20);1H. The summed E-state index contributed by atoms with van der Waals surface area (Å²) >= 11 is 0. The van der Waals surface area contributed by atoms with Gasteiger partial charge in [-0.2, -0.15) is 0 Å². The Morgan fingerprint density at radius 2 is 1.74 bits per heavy atom. The maximum atomic E-state index is 12.3. The number of methoxy groups -OCH3 is 2. The summed E-state index contributed by atoms with van der Waals surface area (Å²) < 4.78 is 10.3. The van der Waals surface area contributed by atoms with Crippen molar-refractivity contribution >= 4 is 29.9 Å². The summed E-state index contributed by atoms with van der Waals surface area (Å²) in [4.78, 5) is 23.9. The molecule has 128 valence electrons. The van der Waals surface area contributed by atoms with Crippen LogP contribution in [0.4, 0.5) is 5.69 Å². The van der Waals surface area contributed by atoms with E-state index in [0.29, 0.717) is 17.2 Å². The number of nitrogens with two attached hydrogens (primary N) is 1. The zero-order chi connectivity index (χ0) is 16.1. The molecule has 1 aliphatic rings. The molecule has 23 heavy (non-hydrogen) atoms. The van der Waals surface area contributed by atoms with Gasteiger partial charge in [0.1, 0.15) is 0 Å². The summed E-state index contributed by atoms with van der Waals surface area (Å²) in [5.74, 6) is -0.0165. The second-order valence-electron chi connectivity index (χ2n) is 5.13. The average Bonchev–Trinajstić information content (AvgIpc) is 2.54. The number of piperidine rings is 1. The van der Waals surface area contributed by atoms with Crippen molar-refractivity contribution in [1.82, 2.24) is 5.32 Å². The van der Waals surface area contributed by atoms with Crippen molar-refractivity contribution in [2.24, 2.45) is 11.7 Å². The number of carbonyl (C=O) groups is 2. The third kappa shape index (κ3) is 4.49. The number of rotatable bonds is 5. The van der Waals surface area contributed by atoms with Gasteiger partial charge in [-0.3, -0.25) is 9.59 Å². The molecular formula is C15H22ClN3O4. The lowest BCUT2D eigenvalue weighted by Gasteiger charge is -2.22. The number of benzene rings is 1. The van der Waals surface area contributed by atoms with Gasteiger partial charge in [0.2, 0.25) is 5.91 Å². The highest BCUT2D eigenvalue weighted by atomic mass is 35.5. The summed E-state index contributed by atoms with van der Waals surface area (Å²) in [5, 5.41) is 5.99. The molecule has 7 nitrogen and oxygen atoms in total. The van der Waals surface area contributed by atoms with E-state index < -0.39 is 5.91 Å². The summed E-state index contributed by atoms with van der Waals surface area (Å²) in [7, 11) is 2.95. The first-order chi connectivity index (χ1) is 10.6. The van der Waals surface area contributed by atoms with E-state index in [4.69, 9.17) is 15.2 Å². The minimum absolute atomic E-state index is 0.